The molecule has 0 aliphatic rings. The lowest BCUT2D eigenvalue weighted by atomic mass is 10.2. The van der Waals surface area contributed by atoms with E-state index < -0.39 is 5.97 Å². The number of phenolic OH excluding ortho intramolecular Hbond substituents is 1. The van der Waals surface area contributed by atoms with E-state index in [-0.39, 0.29) is 11.5 Å². The summed E-state index contributed by atoms with van der Waals surface area (Å²) in [5.41, 5.74) is 1.58. The van der Waals surface area contributed by atoms with Crippen LogP contribution in [0.4, 0.5) is 5.69 Å². The molecule has 0 saturated heterocycles. The molecule has 6 nitrogen and oxygen atoms in total. The Morgan fingerprint density at radius 3 is 2.53 bits per heavy atom. The monoisotopic (exact) mass is 432 g/mol. The van der Waals surface area contributed by atoms with E-state index in [0.29, 0.717) is 23.4 Å². The second-order valence-electron chi connectivity index (χ2n) is 7.37. The molecule has 166 valence electrons. The predicted molar refractivity (Wildman–Crippen MR) is 125 cm³/mol. The van der Waals surface area contributed by atoms with Crippen LogP contribution in [-0.4, -0.2) is 28.9 Å². The third-order valence-electron chi connectivity index (χ3n) is 4.82. The second kappa shape index (κ2) is 12.2. The van der Waals surface area contributed by atoms with Crippen LogP contribution in [0.15, 0.2) is 72.0 Å². The highest BCUT2D eigenvalue weighted by molar-refractivity contribution is 5.91. The molecule has 3 aromatic rings. The van der Waals surface area contributed by atoms with Gasteiger partial charge < -0.3 is 14.6 Å². The summed E-state index contributed by atoms with van der Waals surface area (Å²) >= 11 is 0. The summed E-state index contributed by atoms with van der Waals surface area (Å²) in [4.78, 5) is 20.7. The minimum Gasteiger partial charge on any atom is -0.507 e. The minimum atomic E-state index is -0.507. The fraction of sp³-hybridized carbons (Fsp3) is 0.269. The zero-order valence-corrected chi connectivity index (χ0v) is 18.2. The molecule has 0 bridgehead atoms. The standard InChI is InChI=1S/C26H28N2O4/c1-2-3-4-5-6-16-31-23-12-9-20(10-13-23)26(30)32-24-14-11-21(25(29)17-24)18-28-22-8-7-15-27-19-22/h7-15,17-19,29H,2-6,16H2,1H3. The topological polar surface area (TPSA) is 81.0 Å². The summed E-state index contributed by atoms with van der Waals surface area (Å²) in [7, 11) is 0. The molecule has 0 spiro atoms. The van der Waals surface area contributed by atoms with E-state index in [2.05, 4.69) is 16.9 Å². The molecule has 0 radical (unpaired) electrons. The average Bonchev–Trinajstić information content (AvgIpc) is 2.82. The van der Waals surface area contributed by atoms with Crippen molar-refractivity contribution in [2.24, 2.45) is 4.99 Å². The number of aromatic hydroxyl groups is 1. The van der Waals surface area contributed by atoms with E-state index >= 15 is 0 Å². The van der Waals surface area contributed by atoms with E-state index in [1.54, 1.807) is 60.9 Å². The highest BCUT2D eigenvalue weighted by atomic mass is 16.5. The quantitative estimate of drug-likeness (QED) is 0.171. The van der Waals surface area contributed by atoms with Gasteiger partial charge in [-0.25, -0.2) is 4.79 Å². The SMILES string of the molecule is CCCCCCCOc1ccc(C(=O)Oc2ccc(C=Nc3cccnc3)c(O)c2)cc1. The number of hydrogen-bond acceptors (Lipinski definition) is 6. The molecule has 1 N–H and O–H groups in total. The molecule has 0 aliphatic heterocycles. The Labute approximate surface area is 188 Å². The van der Waals surface area contributed by atoms with Crippen LogP contribution in [0.3, 0.4) is 0 Å². The van der Waals surface area contributed by atoms with Crippen LogP contribution in [0, 0.1) is 0 Å². The third-order valence-corrected chi connectivity index (χ3v) is 4.82. The first kappa shape index (κ1) is 23.0. The summed E-state index contributed by atoms with van der Waals surface area (Å²) < 4.78 is 11.1. The largest absolute Gasteiger partial charge is 0.507 e. The van der Waals surface area contributed by atoms with Crippen molar-refractivity contribution in [1.29, 1.82) is 0 Å². The number of carbonyl (C=O) groups is 1. The van der Waals surface area contributed by atoms with Crippen LogP contribution in [0.5, 0.6) is 17.2 Å². The lowest BCUT2D eigenvalue weighted by Gasteiger charge is -2.08. The van der Waals surface area contributed by atoms with Gasteiger partial charge in [0.15, 0.2) is 0 Å². The normalized spacial score (nSPS) is 10.9. The van der Waals surface area contributed by atoms with Crippen molar-refractivity contribution >= 4 is 17.9 Å². The minimum absolute atomic E-state index is 0.0365. The third kappa shape index (κ3) is 7.23. The van der Waals surface area contributed by atoms with Crippen molar-refractivity contribution in [3.8, 4) is 17.2 Å². The fourth-order valence-electron chi connectivity index (χ4n) is 3.02. The second-order valence-corrected chi connectivity index (χ2v) is 7.37. The lowest BCUT2D eigenvalue weighted by molar-refractivity contribution is 0.0734. The number of esters is 1. The van der Waals surface area contributed by atoms with Crippen molar-refractivity contribution in [3.05, 3.63) is 78.1 Å². The number of ether oxygens (including phenoxy) is 2. The van der Waals surface area contributed by atoms with Gasteiger partial charge in [-0.2, -0.15) is 0 Å². The van der Waals surface area contributed by atoms with Crippen molar-refractivity contribution in [2.75, 3.05) is 6.61 Å². The van der Waals surface area contributed by atoms with Crippen LogP contribution < -0.4 is 9.47 Å². The maximum absolute atomic E-state index is 12.4. The van der Waals surface area contributed by atoms with E-state index in [9.17, 15) is 9.90 Å². The first-order valence-electron chi connectivity index (χ1n) is 10.9. The highest BCUT2D eigenvalue weighted by Gasteiger charge is 2.10. The molecule has 0 aliphatic carbocycles. The van der Waals surface area contributed by atoms with Crippen LogP contribution >= 0.6 is 0 Å². The number of benzene rings is 2. The van der Waals surface area contributed by atoms with Gasteiger partial charge in [-0.05, 0) is 55.0 Å². The van der Waals surface area contributed by atoms with E-state index in [1.807, 2.05) is 0 Å². The molecule has 0 amide bonds. The van der Waals surface area contributed by atoms with Gasteiger partial charge in [-0.1, -0.05) is 32.6 Å². The first-order valence-corrected chi connectivity index (χ1v) is 10.9. The number of pyridine rings is 1. The molecule has 6 heteroatoms. The molecule has 0 unspecified atom stereocenters. The number of aromatic nitrogens is 1. The van der Waals surface area contributed by atoms with Crippen molar-refractivity contribution in [2.45, 2.75) is 39.0 Å². The molecular weight excluding hydrogens is 404 g/mol. The Hall–Kier alpha value is -3.67. The summed E-state index contributed by atoms with van der Waals surface area (Å²) in [6.45, 7) is 2.87. The van der Waals surface area contributed by atoms with Gasteiger partial charge in [-0.3, -0.25) is 9.98 Å². The Bertz CT molecular complexity index is 1020. The van der Waals surface area contributed by atoms with Crippen molar-refractivity contribution in [1.82, 2.24) is 4.98 Å². The van der Waals surface area contributed by atoms with Crippen LogP contribution in [0.1, 0.15) is 54.9 Å². The fourth-order valence-corrected chi connectivity index (χ4v) is 3.02. The zero-order chi connectivity index (χ0) is 22.6. The van der Waals surface area contributed by atoms with Crippen LogP contribution in [0.25, 0.3) is 0 Å². The number of unbranched alkanes of at least 4 members (excludes halogenated alkanes) is 4. The molecule has 0 atom stereocenters. The van der Waals surface area contributed by atoms with Crippen molar-refractivity contribution < 1.29 is 19.4 Å². The highest BCUT2D eigenvalue weighted by Crippen LogP contribution is 2.24. The van der Waals surface area contributed by atoms with Gasteiger partial charge in [0.1, 0.15) is 17.2 Å². The molecule has 3 rings (SSSR count). The molecule has 1 heterocycles. The maximum atomic E-state index is 12.4. The van der Waals surface area contributed by atoms with E-state index in [4.69, 9.17) is 9.47 Å². The molecule has 1 aromatic heterocycles. The van der Waals surface area contributed by atoms with Gasteiger partial charge in [0.05, 0.1) is 24.1 Å². The summed E-state index contributed by atoms with van der Waals surface area (Å²) in [5.74, 6) is 0.434. The molecule has 2 aromatic carbocycles. The van der Waals surface area contributed by atoms with Crippen LogP contribution in [-0.2, 0) is 0 Å². The smallest absolute Gasteiger partial charge is 0.343 e. The molecule has 0 fully saturated rings. The number of aliphatic imine (C=N–C) groups is 1. The average molecular weight is 433 g/mol. The van der Waals surface area contributed by atoms with Gasteiger partial charge in [-0.15, -0.1) is 0 Å². The number of phenols is 1. The molecular formula is C26H28N2O4. The van der Waals surface area contributed by atoms with Gasteiger partial charge in [0.25, 0.3) is 0 Å². The Morgan fingerprint density at radius 2 is 1.81 bits per heavy atom. The first-order chi connectivity index (χ1) is 15.7. The molecule has 32 heavy (non-hydrogen) atoms. The summed E-state index contributed by atoms with van der Waals surface area (Å²) in [5, 5.41) is 10.2. The van der Waals surface area contributed by atoms with Crippen LogP contribution in [0.2, 0.25) is 0 Å². The number of hydrogen-bond donors (Lipinski definition) is 1. The Morgan fingerprint density at radius 1 is 1.03 bits per heavy atom. The summed E-state index contributed by atoms with van der Waals surface area (Å²) in [6.07, 6.45) is 10.7. The number of carbonyl (C=O) groups excluding carboxylic acids is 1. The number of nitrogens with zero attached hydrogens (tertiary/aromatic N) is 2. The van der Waals surface area contributed by atoms with E-state index in [1.165, 1.54) is 38.0 Å². The molecule has 0 saturated carbocycles. The zero-order valence-electron chi connectivity index (χ0n) is 18.2. The Kier molecular flexibility index (Phi) is 8.80. The van der Waals surface area contributed by atoms with E-state index in [0.717, 1.165) is 12.2 Å². The summed E-state index contributed by atoms with van der Waals surface area (Å²) in [6, 6.07) is 15.1. The van der Waals surface area contributed by atoms with Gasteiger partial charge >= 0.3 is 5.97 Å². The maximum Gasteiger partial charge on any atom is 0.343 e. The lowest BCUT2D eigenvalue weighted by Crippen LogP contribution is -2.08. The van der Waals surface area contributed by atoms with Gasteiger partial charge in [0.2, 0.25) is 0 Å². The predicted octanol–water partition coefficient (Wildman–Crippen LogP) is 6.11. The number of rotatable bonds is 11. The van der Waals surface area contributed by atoms with Gasteiger partial charge in [0, 0.05) is 24.0 Å². The Balaban J connectivity index is 1.51. The van der Waals surface area contributed by atoms with Crippen molar-refractivity contribution in [3.63, 3.8) is 0 Å².